The van der Waals surface area contributed by atoms with Gasteiger partial charge in [0.05, 0.1) is 18.1 Å². The van der Waals surface area contributed by atoms with Crippen molar-refractivity contribution in [1.82, 2.24) is 24.3 Å². The molecule has 0 radical (unpaired) electrons. The summed E-state index contributed by atoms with van der Waals surface area (Å²) in [7, 11) is 3.28. The summed E-state index contributed by atoms with van der Waals surface area (Å²) in [5.41, 5.74) is -1.28. The summed E-state index contributed by atoms with van der Waals surface area (Å²) >= 11 is 0. The second-order valence-corrected chi connectivity index (χ2v) is 9.34. The van der Waals surface area contributed by atoms with Crippen LogP contribution in [-0.2, 0) is 24.6 Å². The van der Waals surface area contributed by atoms with E-state index >= 15 is 0 Å². The number of fused-ring (bicyclic) bond motifs is 1. The standard InChI is InChI=1S/C23H26F5N7O2/c1-32(15-3-4-17(29-11-15)23(26,27)28)14-22(7-10-36)5-8-34(9-6-22)21-31-19-16(20(37)33(21)2)12-30-35(19)13-18(24)25/h3-4,10-12,18H,5-9,13-14H2,1-2H3. The van der Waals surface area contributed by atoms with Crippen LogP contribution in [0.15, 0.2) is 29.3 Å². The van der Waals surface area contributed by atoms with Gasteiger partial charge in [0.15, 0.2) is 5.65 Å². The molecule has 4 heterocycles. The van der Waals surface area contributed by atoms with Crippen LogP contribution in [0.5, 0.6) is 0 Å². The lowest BCUT2D eigenvalue weighted by molar-refractivity contribution is -0.141. The second kappa shape index (κ2) is 10.1. The van der Waals surface area contributed by atoms with Crippen LogP contribution < -0.4 is 15.4 Å². The molecule has 0 bridgehead atoms. The molecule has 4 rings (SSSR count). The van der Waals surface area contributed by atoms with E-state index in [4.69, 9.17) is 0 Å². The third kappa shape index (κ3) is 5.42. The Labute approximate surface area is 208 Å². The summed E-state index contributed by atoms with van der Waals surface area (Å²) in [5, 5.41) is 4.03. The molecule has 0 aliphatic carbocycles. The number of alkyl halides is 5. The van der Waals surface area contributed by atoms with Crippen LogP contribution in [0.25, 0.3) is 11.0 Å². The number of carbonyl (C=O) groups excluding carboxylic acids is 1. The maximum Gasteiger partial charge on any atom is 0.433 e. The monoisotopic (exact) mass is 527 g/mol. The average Bonchev–Trinajstić information content (AvgIpc) is 3.23. The molecule has 0 amide bonds. The Balaban J connectivity index is 1.53. The minimum absolute atomic E-state index is 0.0812. The molecule has 37 heavy (non-hydrogen) atoms. The molecule has 0 spiro atoms. The quantitative estimate of drug-likeness (QED) is 0.329. The molecule has 14 heteroatoms. The van der Waals surface area contributed by atoms with Crippen LogP contribution >= 0.6 is 0 Å². The summed E-state index contributed by atoms with van der Waals surface area (Å²) in [5.74, 6) is 0.313. The highest BCUT2D eigenvalue weighted by molar-refractivity contribution is 5.74. The van der Waals surface area contributed by atoms with E-state index < -0.39 is 35.8 Å². The molecule has 1 fully saturated rings. The SMILES string of the molecule is CN(CC1(CC=O)CCN(c2nc3c(cnn3CC(F)F)c(=O)n2C)CC1)c1ccc(C(F)(F)F)nc1. The summed E-state index contributed by atoms with van der Waals surface area (Å²) in [6.07, 6.45) is -2.66. The van der Waals surface area contributed by atoms with E-state index in [-0.39, 0.29) is 17.5 Å². The summed E-state index contributed by atoms with van der Waals surface area (Å²) in [4.78, 5) is 36.0. The summed E-state index contributed by atoms with van der Waals surface area (Å²) in [6, 6.07) is 2.26. The average molecular weight is 527 g/mol. The highest BCUT2D eigenvalue weighted by Gasteiger charge is 2.37. The normalized spacial score (nSPS) is 15.9. The van der Waals surface area contributed by atoms with E-state index in [1.807, 2.05) is 4.90 Å². The minimum atomic E-state index is -4.53. The number of piperidine rings is 1. The van der Waals surface area contributed by atoms with E-state index in [1.165, 1.54) is 16.8 Å². The predicted octanol–water partition coefficient (Wildman–Crippen LogP) is 3.12. The van der Waals surface area contributed by atoms with Crippen LogP contribution in [0.2, 0.25) is 0 Å². The highest BCUT2D eigenvalue weighted by Crippen LogP contribution is 2.37. The number of anilines is 2. The Hall–Kier alpha value is -3.58. The smallest absolute Gasteiger partial charge is 0.373 e. The number of pyridine rings is 1. The minimum Gasteiger partial charge on any atom is -0.373 e. The Morgan fingerprint density at radius 1 is 1.19 bits per heavy atom. The van der Waals surface area contributed by atoms with Crippen LogP contribution in [0.1, 0.15) is 25.0 Å². The lowest BCUT2D eigenvalue weighted by Crippen LogP contribution is -2.47. The third-order valence-electron chi connectivity index (χ3n) is 6.84. The lowest BCUT2D eigenvalue weighted by atomic mass is 9.75. The van der Waals surface area contributed by atoms with Gasteiger partial charge in [-0.1, -0.05) is 0 Å². The molecule has 0 atom stereocenters. The molecule has 0 aromatic carbocycles. The molecular weight excluding hydrogens is 501 g/mol. The zero-order valence-corrected chi connectivity index (χ0v) is 20.3. The first-order chi connectivity index (χ1) is 17.4. The first kappa shape index (κ1) is 26.5. The first-order valence-corrected chi connectivity index (χ1v) is 11.6. The van der Waals surface area contributed by atoms with E-state index in [2.05, 4.69) is 15.1 Å². The van der Waals surface area contributed by atoms with Gasteiger partial charge in [0.1, 0.15) is 23.9 Å². The molecular formula is C23H26F5N7O2. The molecule has 0 saturated carbocycles. The van der Waals surface area contributed by atoms with Gasteiger partial charge in [-0.15, -0.1) is 0 Å². The molecule has 1 aliphatic heterocycles. The Bertz CT molecular complexity index is 1310. The van der Waals surface area contributed by atoms with Crippen molar-refractivity contribution in [1.29, 1.82) is 0 Å². The zero-order valence-electron chi connectivity index (χ0n) is 20.3. The predicted molar refractivity (Wildman–Crippen MR) is 126 cm³/mol. The first-order valence-electron chi connectivity index (χ1n) is 11.6. The fourth-order valence-electron chi connectivity index (χ4n) is 4.79. The van der Waals surface area contributed by atoms with E-state index in [1.54, 1.807) is 19.0 Å². The van der Waals surface area contributed by atoms with Crippen molar-refractivity contribution < 1.29 is 26.7 Å². The van der Waals surface area contributed by atoms with Crippen molar-refractivity contribution >= 4 is 29.0 Å². The molecule has 3 aromatic heterocycles. The highest BCUT2D eigenvalue weighted by atomic mass is 19.4. The Morgan fingerprint density at radius 3 is 2.46 bits per heavy atom. The van der Waals surface area contributed by atoms with Gasteiger partial charge in [-0.2, -0.15) is 23.3 Å². The number of carbonyl (C=O) groups is 1. The lowest BCUT2D eigenvalue weighted by Gasteiger charge is -2.43. The fourth-order valence-corrected chi connectivity index (χ4v) is 4.79. The molecule has 0 N–H and O–H groups in total. The van der Waals surface area contributed by atoms with Crippen molar-refractivity contribution in [3.8, 4) is 0 Å². The summed E-state index contributed by atoms with van der Waals surface area (Å²) < 4.78 is 66.8. The van der Waals surface area contributed by atoms with Crippen molar-refractivity contribution in [3.63, 3.8) is 0 Å². The summed E-state index contributed by atoms with van der Waals surface area (Å²) in [6.45, 7) is 0.583. The molecule has 0 unspecified atom stereocenters. The van der Waals surface area contributed by atoms with Crippen molar-refractivity contribution in [2.75, 3.05) is 36.5 Å². The van der Waals surface area contributed by atoms with E-state index in [0.29, 0.717) is 44.1 Å². The van der Waals surface area contributed by atoms with E-state index in [0.717, 1.165) is 23.2 Å². The van der Waals surface area contributed by atoms with Crippen LogP contribution in [-0.4, -0.2) is 63.7 Å². The van der Waals surface area contributed by atoms with Crippen molar-refractivity contribution in [2.24, 2.45) is 12.5 Å². The Morgan fingerprint density at radius 2 is 1.89 bits per heavy atom. The number of aldehydes is 1. The third-order valence-corrected chi connectivity index (χ3v) is 6.84. The van der Waals surface area contributed by atoms with Gasteiger partial charge in [-0.3, -0.25) is 9.36 Å². The maximum atomic E-state index is 12.9. The van der Waals surface area contributed by atoms with Gasteiger partial charge < -0.3 is 14.6 Å². The maximum absolute atomic E-state index is 12.9. The number of hydrogen-bond acceptors (Lipinski definition) is 7. The number of aromatic nitrogens is 5. The van der Waals surface area contributed by atoms with Crippen LogP contribution in [0.4, 0.5) is 33.6 Å². The zero-order chi connectivity index (χ0) is 27.0. The topological polar surface area (TPSA) is 89.2 Å². The van der Waals surface area contributed by atoms with Crippen LogP contribution in [0.3, 0.4) is 0 Å². The van der Waals surface area contributed by atoms with Crippen LogP contribution in [0, 0.1) is 5.41 Å². The molecule has 9 nitrogen and oxygen atoms in total. The van der Waals surface area contributed by atoms with Gasteiger partial charge in [0.25, 0.3) is 12.0 Å². The van der Waals surface area contributed by atoms with Gasteiger partial charge in [-0.25, -0.2) is 18.4 Å². The molecule has 1 saturated heterocycles. The van der Waals surface area contributed by atoms with Gasteiger partial charge in [0.2, 0.25) is 5.95 Å². The van der Waals surface area contributed by atoms with Gasteiger partial charge >= 0.3 is 6.18 Å². The number of halogens is 5. The second-order valence-electron chi connectivity index (χ2n) is 9.34. The van der Waals surface area contributed by atoms with Crippen molar-refractivity contribution in [2.45, 2.75) is 38.4 Å². The fraction of sp³-hybridized carbons (Fsp3) is 0.522. The molecule has 1 aliphatic rings. The van der Waals surface area contributed by atoms with Crippen molar-refractivity contribution in [3.05, 3.63) is 40.6 Å². The number of rotatable bonds is 8. The largest absolute Gasteiger partial charge is 0.433 e. The number of nitrogens with zero attached hydrogens (tertiary/aromatic N) is 7. The van der Waals surface area contributed by atoms with E-state index in [9.17, 15) is 31.5 Å². The molecule has 200 valence electrons. The molecule has 3 aromatic rings. The Kier molecular flexibility index (Phi) is 7.20. The number of hydrogen-bond donors (Lipinski definition) is 0. The van der Waals surface area contributed by atoms with Gasteiger partial charge in [-0.05, 0) is 30.4 Å². The van der Waals surface area contributed by atoms with Gasteiger partial charge in [0, 0.05) is 40.2 Å².